The van der Waals surface area contributed by atoms with Crippen LogP contribution >= 0.6 is 0 Å². The van der Waals surface area contributed by atoms with Crippen molar-refractivity contribution in [3.05, 3.63) is 33.9 Å². The van der Waals surface area contributed by atoms with Crippen LogP contribution in [0.1, 0.15) is 12.0 Å². The highest BCUT2D eigenvalue weighted by atomic mass is 16.6. The Morgan fingerprint density at radius 2 is 2.00 bits per heavy atom. The third-order valence-electron chi connectivity index (χ3n) is 4.00. The predicted molar refractivity (Wildman–Crippen MR) is 81.9 cm³/mol. The van der Waals surface area contributed by atoms with Crippen LogP contribution < -0.4 is 4.74 Å². The van der Waals surface area contributed by atoms with E-state index in [1.54, 1.807) is 6.07 Å². The number of hydrogen-bond donors (Lipinski definition) is 0. The number of aryl methyl sites for hydroxylation is 1. The van der Waals surface area contributed by atoms with Gasteiger partial charge in [-0.05, 0) is 32.5 Å². The van der Waals surface area contributed by atoms with Gasteiger partial charge in [0.05, 0.1) is 12.0 Å². The van der Waals surface area contributed by atoms with E-state index in [-0.39, 0.29) is 10.6 Å². The zero-order valence-electron chi connectivity index (χ0n) is 12.7. The first-order chi connectivity index (χ1) is 10.1. The average Bonchev–Trinajstić information content (AvgIpc) is 2.48. The van der Waals surface area contributed by atoms with Crippen LogP contribution in [0.2, 0.25) is 0 Å². The molecule has 0 radical (unpaired) electrons. The van der Waals surface area contributed by atoms with Gasteiger partial charge in [0.2, 0.25) is 0 Å². The van der Waals surface area contributed by atoms with Crippen LogP contribution in [0, 0.1) is 10.1 Å². The van der Waals surface area contributed by atoms with Crippen LogP contribution in [0.5, 0.6) is 5.75 Å². The third-order valence-corrected chi connectivity index (χ3v) is 4.00. The molecule has 1 fully saturated rings. The Hall–Kier alpha value is -1.66. The second-order valence-corrected chi connectivity index (χ2v) is 5.47. The second-order valence-electron chi connectivity index (χ2n) is 5.47. The highest BCUT2D eigenvalue weighted by Crippen LogP contribution is 2.31. The zero-order valence-corrected chi connectivity index (χ0v) is 12.7. The summed E-state index contributed by atoms with van der Waals surface area (Å²) in [6.45, 7) is 5.34. The summed E-state index contributed by atoms with van der Waals surface area (Å²) in [4.78, 5) is 15.6. The number of piperazine rings is 1. The molecule has 1 saturated heterocycles. The SMILES string of the molecule is COc1cccc(CCCN2CCN(C)CC2)c1[N+](=O)[O-]. The van der Waals surface area contributed by atoms with Crippen LogP contribution in [0.3, 0.4) is 0 Å². The molecule has 1 heterocycles. The van der Waals surface area contributed by atoms with E-state index in [0.717, 1.165) is 44.7 Å². The van der Waals surface area contributed by atoms with Crippen LogP contribution in [0.4, 0.5) is 5.69 Å². The molecule has 1 aromatic rings. The lowest BCUT2D eigenvalue weighted by Crippen LogP contribution is -2.44. The first-order valence-corrected chi connectivity index (χ1v) is 7.33. The van der Waals surface area contributed by atoms with E-state index in [9.17, 15) is 10.1 Å². The van der Waals surface area contributed by atoms with E-state index >= 15 is 0 Å². The maximum atomic E-state index is 11.2. The van der Waals surface area contributed by atoms with Crippen LogP contribution in [0.15, 0.2) is 18.2 Å². The number of methoxy groups -OCH3 is 1. The number of benzene rings is 1. The number of rotatable bonds is 6. The first-order valence-electron chi connectivity index (χ1n) is 7.33. The summed E-state index contributed by atoms with van der Waals surface area (Å²) >= 11 is 0. The highest BCUT2D eigenvalue weighted by Gasteiger charge is 2.20. The topological polar surface area (TPSA) is 58.8 Å². The molecule has 6 nitrogen and oxygen atoms in total. The van der Waals surface area contributed by atoms with Crippen molar-refractivity contribution in [1.82, 2.24) is 9.80 Å². The molecule has 0 bridgehead atoms. The molecule has 0 spiro atoms. The van der Waals surface area contributed by atoms with Crippen molar-refractivity contribution in [3.63, 3.8) is 0 Å². The van der Waals surface area contributed by atoms with Crippen molar-refractivity contribution in [2.75, 3.05) is 46.9 Å². The molecule has 0 atom stereocenters. The molecular weight excluding hydrogens is 270 g/mol. The van der Waals surface area contributed by atoms with Gasteiger partial charge in [0.15, 0.2) is 5.75 Å². The number of nitro groups is 1. The quantitative estimate of drug-likeness (QED) is 0.591. The zero-order chi connectivity index (χ0) is 15.2. The molecule has 1 aliphatic heterocycles. The largest absolute Gasteiger partial charge is 0.490 e. The Morgan fingerprint density at radius 3 is 2.62 bits per heavy atom. The van der Waals surface area contributed by atoms with Crippen LogP contribution in [-0.2, 0) is 6.42 Å². The molecule has 21 heavy (non-hydrogen) atoms. The monoisotopic (exact) mass is 293 g/mol. The van der Waals surface area contributed by atoms with E-state index in [0.29, 0.717) is 12.2 Å². The minimum absolute atomic E-state index is 0.110. The standard InChI is InChI=1S/C15H23N3O3/c1-16-9-11-17(12-10-16)8-4-6-13-5-3-7-14(21-2)15(13)18(19)20/h3,5,7H,4,6,8-12H2,1-2H3. The van der Waals surface area contributed by atoms with Gasteiger partial charge in [-0.1, -0.05) is 12.1 Å². The van der Waals surface area contributed by atoms with Gasteiger partial charge in [-0.25, -0.2) is 0 Å². The van der Waals surface area contributed by atoms with Gasteiger partial charge in [0.25, 0.3) is 0 Å². The normalized spacial score (nSPS) is 16.9. The molecule has 6 heteroatoms. The number of nitrogens with zero attached hydrogens (tertiary/aromatic N) is 3. The summed E-state index contributed by atoms with van der Waals surface area (Å²) in [6.07, 6.45) is 1.64. The molecule has 116 valence electrons. The van der Waals surface area contributed by atoms with Crippen molar-refractivity contribution in [1.29, 1.82) is 0 Å². The van der Waals surface area contributed by atoms with E-state index in [1.807, 2.05) is 12.1 Å². The van der Waals surface area contributed by atoms with Gasteiger partial charge in [0, 0.05) is 31.7 Å². The fraction of sp³-hybridized carbons (Fsp3) is 0.600. The fourth-order valence-corrected chi connectivity index (χ4v) is 2.71. The van der Waals surface area contributed by atoms with Gasteiger partial charge in [-0.15, -0.1) is 0 Å². The van der Waals surface area contributed by atoms with Gasteiger partial charge >= 0.3 is 5.69 Å². The molecule has 1 aliphatic rings. The van der Waals surface area contributed by atoms with E-state index < -0.39 is 0 Å². The Labute approximate surface area is 125 Å². The lowest BCUT2D eigenvalue weighted by Gasteiger charge is -2.32. The highest BCUT2D eigenvalue weighted by molar-refractivity contribution is 5.52. The van der Waals surface area contributed by atoms with Gasteiger partial charge in [-0.3, -0.25) is 10.1 Å². The molecule has 0 aromatic heterocycles. The van der Waals surface area contributed by atoms with E-state index in [1.165, 1.54) is 7.11 Å². The Morgan fingerprint density at radius 1 is 1.29 bits per heavy atom. The molecule has 2 rings (SSSR count). The van der Waals surface area contributed by atoms with Crippen molar-refractivity contribution in [2.24, 2.45) is 0 Å². The molecule has 0 N–H and O–H groups in total. The molecule has 0 aliphatic carbocycles. The molecule has 0 saturated carbocycles. The summed E-state index contributed by atoms with van der Waals surface area (Å²) in [7, 11) is 3.60. The summed E-state index contributed by atoms with van der Waals surface area (Å²) < 4.78 is 5.10. The molecular formula is C15H23N3O3. The number of likely N-dealkylation sites (N-methyl/N-ethyl adjacent to an activating group) is 1. The van der Waals surface area contributed by atoms with Gasteiger partial charge < -0.3 is 14.5 Å². The smallest absolute Gasteiger partial charge is 0.314 e. The number of ether oxygens (including phenoxy) is 1. The summed E-state index contributed by atoms with van der Waals surface area (Å²) in [5.74, 6) is 0.345. The molecule has 1 aromatic carbocycles. The molecule has 0 unspecified atom stereocenters. The summed E-state index contributed by atoms with van der Waals surface area (Å²) in [6, 6.07) is 5.28. The maximum absolute atomic E-state index is 11.2. The van der Waals surface area contributed by atoms with Crippen molar-refractivity contribution >= 4 is 5.69 Å². The summed E-state index contributed by atoms with van der Waals surface area (Å²) in [5, 5.41) is 11.2. The lowest BCUT2D eigenvalue weighted by atomic mass is 10.1. The predicted octanol–water partition coefficient (Wildman–Crippen LogP) is 1.78. The van der Waals surface area contributed by atoms with Gasteiger partial charge in [-0.2, -0.15) is 0 Å². The minimum atomic E-state index is -0.343. The van der Waals surface area contributed by atoms with E-state index in [4.69, 9.17) is 4.74 Å². The average molecular weight is 293 g/mol. The number of hydrogen-bond acceptors (Lipinski definition) is 5. The number of para-hydroxylation sites is 1. The third kappa shape index (κ3) is 4.15. The van der Waals surface area contributed by atoms with Crippen molar-refractivity contribution < 1.29 is 9.66 Å². The second kappa shape index (κ2) is 7.38. The van der Waals surface area contributed by atoms with E-state index in [2.05, 4.69) is 16.8 Å². The lowest BCUT2D eigenvalue weighted by molar-refractivity contribution is -0.386. The van der Waals surface area contributed by atoms with Crippen molar-refractivity contribution in [2.45, 2.75) is 12.8 Å². The minimum Gasteiger partial charge on any atom is -0.490 e. The summed E-state index contributed by atoms with van der Waals surface area (Å²) in [5.41, 5.74) is 0.867. The van der Waals surface area contributed by atoms with Crippen LogP contribution in [-0.4, -0.2) is 61.6 Å². The Kier molecular flexibility index (Phi) is 5.52. The van der Waals surface area contributed by atoms with Crippen molar-refractivity contribution in [3.8, 4) is 5.75 Å². The van der Waals surface area contributed by atoms with Crippen LogP contribution in [0.25, 0.3) is 0 Å². The first kappa shape index (κ1) is 15.7. The maximum Gasteiger partial charge on any atom is 0.314 e. The Bertz CT molecular complexity index is 485. The van der Waals surface area contributed by atoms with Gasteiger partial charge in [0.1, 0.15) is 0 Å². The Balaban J connectivity index is 1.92. The number of nitro benzene ring substituents is 1. The molecule has 0 amide bonds. The fourth-order valence-electron chi connectivity index (χ4n) is 2.71.